The van der Waals surface area contributed by atoms with Gasteiger partial charge in [0.05, 0.1) is 10.9 Å². The van der Waals surface area contributed by atoms with E-state index in [2.05, 4.69) is 21.0 Å². The maximum Gasteiger partial charge on any atom is 0.324 e. The van der Waals surface area contributed by atoms with E-state index in [1.807, 2.05) is 34.6 Å². The molecule has 1 unspecified atom stereocenters. The van der Waals surface area contributed by atoms with E-state index in [0.717, 1.165) is 0 Å². The summed E-state index contributed by atoms with van der Waals surface area (Å²) in [7, 11) is 0. The van der Waals surface area contributed by atoms with Crippen LogP contribution in [-0.4, -0.2) is 21.4 Å². The molecule has 0 bridgehead atoms. The molecule has 0 aliphatic carbocycles. The molecule has 0 saturated heterocycles. The third-order valence-electron chi connectivity index (χ3n) is 3.09. The van der Waals surface area contributed by atoms with Crippen LogP contribution in [0.5, 0.6) is 0 Å². The molecule has 0 radical (unpaired) electrons. The maximum absolute atomic E-state index is 14.0. The molecule has 0 spiro atoms. The van der Waals surface area contributed by atoms with Gasteiger partial charge in [0.25, 0.3) is 0 Å². The highest BCUT2D eigenvalue weighted by Crippen LogP contribution is 2.34. The van der Waals surface area contributed by atoms with Crippen LogP contribution in [0, 0.1) is 5.95 Å². The first-order valence-corrected chi connectivity index (χ1v) is 8.07. The van der Waals surface area contributed by atoms with Gasteiger partial charge in [-0.2, -0.15) is 4.39 Å². The van der Waals surface area contributed by atoms with Crippen molar-refractivity contribution in [3.05, 3.63) is 29.7 Å². The van der Waals surface area contributed by atoms with Crippen LogP contribution in [0.3, 0.4) is 0 Å². The van der Waals surface area contributed by atoms with Crippen molar-refractivity contribution in [3.63, 3.8) is 0 Å². The number of esters is 1. The third-order valence-corrected chi connectivity index (χ3v) is 3.96. The topological polar surface area (TPSA) is 44.1 Å². The molecule has 1 atom stereocenters. The summed E-state index contributed by atoms with van der Waals surface area (Å²) >= 11 is 3.38. The number of carbonyl (C=O) groups excluding carboxylic acids is 1. The molecule has 0 aliphatic heterocycles. The van der Waals surface area contributed by atoms with Crippen molar-refractivity contribution in [1.82, 2.24) is 9.78 Å². The summed E-state index contributed by atoms with van der Waals surface area (Å²) in [5, 5.41) is 4.35. The Labute approximate surface area is 137 Å². The van der Waals surface area contributed by atoms with E-state index >= 15 is 0 Å². The number of alkyl halides is 1. The number of rotatable bonds is 3. The number of aromatic nitrogens is 2. The van der Waals surface area contributed by atoms with Gasteiger partial charge < -0.3 is 4.74 Å². The quantitative estimate of drug-likeness (QED) is 0.588. The lowest BCUT2D eigenvalue weighted by Crippen LogP contribution is -2.26. The second-order valence-electron chi connectivity index (χ2n) is 6.47. The molecule has 6 heteroatoms. The fraction of sp³-hybridized carbons (Fsp3) is 0.500. The van der Waals surface area contributed by atoms with Crippen LogP contribution in [0.4, 0.5) is 4.39 Å². The Morgan fingerprint density at radius 3 is 2.55 bits per heavy atom. The molecule has 0 aliphatic rings. The molecule has 2 rings (SSSR count). The first-order chi connectivity index (χ1) is 10.1. The van der Waals surface area contributed by atoms with Crippen LogP contribution in [0.1, 0.15) is 51.1 Å². The van der Waals surface area contributed by atoms with E-state index in [4.69, 9.17) is 4.74 Å². The van der Waals surface area contributed by atoms with Crippen molar-refractivity contribution in [2.75, 3.05) is 0 Å². The molecule has 0 N–H and O–H groups in total. The SMILES string of the molecule is CC(C)n1nc(F)c2cccc(C(Br)C(=O)OC(C)(C)C)c21. The molecule has 1 heterocycles. The number of hydrogen-bond acceptors (Lipinski definition) is 3. The van der Waals surface area contributed by atoms with Gasteiger partial charge in [-0.15, -0.1) is 5.10 Å². The minimum atomic E-state index is -0.677. The summed E-state index contributed by atoms with van der Waals surface area (Å²) in [4.78, 5) is 11.6. The summed E-state index contributed by atoms with van der Waals surface area (Å²) in [6, 6.07) is 5.14. The van der Waals surface area contributed by atoms with Gasteiger partial charge in [0.1, 0.15) is 10.4 Å². The van der Waals surface area contributed by atoms with Crippen molar-refractivity contribution in [2.24, 2.45) is 0 Å². The number of halogens is 2. The van der Waals surface area contributed by atoms with Crippen LogP contribution >= 0.6 is 15.9 Å². The Kier molecular flexibility index (Phi) is 4.61. The molecule has 0 fully saturated rings. The second kappa shape index (κ2) is 5.99. The molecule has 120 valence electrons. The zero-order chi connectivity index (χ0) is 16.7. The normalized spacial score (nSPS) is 13.6. The van der Waals surface area contributed by atoms with Crippen molar-refractivity contribution in [2.45, 2.75) is 51.1 Å². The Bertz CT molecular complexity index is 704. The summed E-state index contributed by atoms with van der Waals surface area (Å²) in [6.07, 6.45) is 0. The van der Waals surface area contributed by atoms with Crippen LogP contribution in [-0.2, 0) is 9.53 Å². The lowest BCUT2D eigenvalue weighted by Gasteiger charge is -2.22. The van der Waals surface area contributed by atoms with E-state index in [-0.39, 0.29) is 6.04 Å². The number of fused-ring (bicyclic) bond motifs is 1. The van der Waals surface area contributed by atoms with Crippen LogP contribution < -0.4 is 0 Å². The van der Waals surface area contributed by atoms with Crippen molar-refractivity contribution >= 4 is 32.8 Å². The average molecular weight is 371 g/mol. The number of carbonyl (C=O) groups is 1. The molecule has 0 amide bonds. The fourth-order valence-corrected chi connectivity index (χ4v) is 2.70. The Morgan fingerprint density at radius 2 is 2.00 bits per heavy atom. The van der Waals surface area contributed by atoms with Gasteiger partial charge in [0.2, 0.25) is 5.95 Å². The Hall–Kier alpha value is -1.43. The zero-order valence-electron chi connectivity index (χ0n) is 13.4. The second-order valence-corrected chi connectivity index (χ2v) is 7.38. The minimum absolute atomic E-state index is 0.0218. The standard InChI is InChI=1S/C16H20BrFN2O2/c1-9(2)20-13-10(7-6-8-11(13)14(18)19-20)12(17)15(21)22-16(3,4)5/h6-9,12H,1-5H3. The Morgan fingerprint density at radius 1 is 1.36 bits per heavy atom. The molecular formula is C16H20BrFN2O2. The van der Waals surface area contributed by atoms with Gasteiger partial charge in [0.15, 0.2) is 0 Å². The van der Waals surface area contributed by atoms with Gasteiger partial charge in [-0.05, 0) is 40.7 Å². The van der Waals surface area contributed by atoms with Gasteiger partial charge in [-0.1, -0.05) is 28.1 Å². The van der Waals surface area contributed by atoms with E-state index < -0.39 is 22.3 Å². The van der Waals surface area contributed by atoms with E-state index in [1.54, 1.807) is 22.9 Å². The first-order valence-electron chi connectivity index (χ1n) is 7.15. The highest BCUT2D eigenvalue weighted by Gasteiger charge is 2.28. The van der Waals surface area contributed by atoms with Crippen molar-refractivity contribution in [3.8, 4) is 0 Å². The molecule has 1 aromatic heterocycles. The maximum atomic E-state index is 14.0. The highest BCUT2D eigenvalue weighted by atomic mass is 79.9. The van der Waals surface area contributed by atoms with Gasteiger partial charge in [-0.3, -0.25) is 9.48 Å². The van der Waals surface area contributed by atoms with Gasteiger partial charge in [-0.25, -0.2) is 0 Å². The summed E-state index contributed by atoms with van der Waals surface area (Å²) in [5.41, 5.74) is 0.681. The molecule has 0 saturated carbocycles. The van der Waals surface area contributed by atoms with Crippen LogP contribution in [0.2, 0.25) is 0 Å². The lowest BCUT2D eigenvalue weighted by molar-refractivity contribution is -0.154. The predicted octanol–water partition coefficient (Wildman–Crippen LogP) is 4.53. The number of ether oxygens (including phenoxy) is 1. The molecule has 22 heavy (non-hydrogen) atoms. The summed E-state index contributed by atoms with van der Waals surface area (Å²) in [6.45, 7) is 9.26. The average Bonchev–Trinajstić information content (AvgIpc) is 2.74. The van der Waals surface area contributed by atoms with Gasteiger partial charge >= 0.3 is 5.97 Å². The van der Waals surface area contributed by atoms with Crippen molar-refractivity contribution in [1.29, 1.82) is 0 Å². The lowest BCUT2D eigenvalue weighted by atomic mass is 10.1. The summed E-state index contributed by atoms with van der Waals surface area (Å²) < 4.78 is 21.0. The first kappa shape index (κ1) is 16.9. The molecule has 2 aromatic rings. The number of nitrogens with zero attached hydrogens (tertiary/aromatic N) is 2. The van der Waals surface area contributed by atoms with Crippen LogP contribution in [0.25, 0.3) is 10.9 Å². The largest absolute Gasteiger partial charge is 0.459 e. The van der Waals surface area contributed by atoms with Crippen LogP contribution in [0.15, 0.2) is 18.2 Å². The van der Waals surface area contributed by atoms with Gasteiger partial charge in [0, 0.05) is 11.6 Å². The summed E-state index contributed by atoms with van der Waals surface area (Å²) in [5.74, 6) is -0.939. The van der Waals surface area contributed by atoms with E-state index in [1.165, 1.54) is 0 Å². The highest BCUT2D eigenvalue weighted by molar-refractivity contribution is 9.09. The van der Waals surface area contributed by atoms with Crippen molar-refractivity contribution < 1.29 is 13.9 Å². The predicted molar refractivity (Wildman–Crippen MR) is 87.6 cm³/mol. The smallest absolute Gasteiger partial charge is 0.324 e. The molecular weight excluding hydrogens is 351 g/mol. The molecule has 4 nitrogen and oxygen atoms in total. The molecule has 1 aromatic carbocycles. The van der Waals surface area contributed by atoms with E-state index in [9.17, 15) is 9.18 Å². The van der Waals surface area contributed by atoms with E-state index in [0.29, 0.717) is 16.5 Å². The zero-order valence-corrected chi connectivity index (χ0v) is 14.9. The number of para-hydroxylation sites is 1. The Balaban J connectivity index is 2.53. The number of hydrogen-bond donors (Lipinski definition) is 0. The monoisotopic (exact) mass is 370 g/mol. The minimum Gasteiger partial charge on any atom is -0.459 e. The number of benzene rings is 1. The fourth-order valence-electron chi connectivity index (χ4n) is 2.24. The third kappa shape index (κ3) is 3.32.